The first-order valence-electron chi connectivity index (χ1n) is 7.28. The van der Waals surface area contributed by atoms with E-state index in [-0.39, 0.29) is 11.9 Å². The van der Waals surface area contributed by atoms with Crippen molar-refractivity contribution in [1.82, 2.24) is 5.32 Å². The number of ether oxygens (including phenoxy) is 1. The maximum Gasteiger partial charge on any atom is 0.249 e. The van der Waals surface area contributed by atoms with Gasteiger partial charge in [-0.05, 0) is 37.1 Å². The van der Waals surface area contributed by atoms with Crippen LogP contribution in [0.15, 0.2) is 30.2 Å². The average molecular weight is 293 g/mol. The molecule has 110 valence electrons. The van der Waals surface area contributed by atoms with Crippen LogP contribution in [0, 0.1) is 5.92 Å². The lowest BCUT2D eigenvalue weighted by Crippen LogP contribution is -2.39. The third kappa shape index (κ3) is 3.93. The first kappa shape index (κ1) is 15.3. The van der Waals surface area contributed by atoms with Gasteiger partial charge in [0.25, 0.3) is 0 Å². The molecule has 2 atom stereocenters. The number of amides is 1. The van der Waals surface area contributed by atoms with Crippen molar-refractivity contribution in [2.75, 3.05) is 6.61 Å². The van der Waals surface area contributed by atoms with Gasteiger partial charge in [0.15, 0.2) is 0 Å². The van der Waals surface area contributed by atoms with E-state index in [0.717, 1.165) is 0 Å². The highest BCUT2D eigenvalue weighted by atomic mass is 32.1. The topological polar surface area (TPSA) is 38.3 Å². The third-order valence-electron chi connectivity index (χ3n) is 3.85. The summed E-state index contributed by atoms with van der Waals surface area (Å²) in [6, 6.07) is 4.30. The molecular weight excluding hydrogens is 270 g/mol. The first-order chi connectivity index (χ1) is 9.72. The van der Waals surface area contributed by atoms with Crippen LogP contribution in [0.5, 0.6) is 0 Å². The number of hydrogen-bond donors (Lipinski definition) is 1. The number of hydrogen-bond acceptors (Lipinski definition) is 3. The zero-order chi connectivity index (χ0) is 14.4. The summed E-state index contributed by atoms with van der Waals surface area (Å²) in [4.78, 5) is 13.5. The quantitative estimate of drug-likeness (QED) is 0.779. The molecule has 0 bridgehead atoms. The Morgan fingerprint density at radius 1 is 1.60 bits per heavy atom. The lowest BCUT2D eigenvalue weighted by atomic mass is 9.96. The van der Waals surface area contributed by atoms with E-state index in [1.807, 2.05) is 6.07 Å². The number of thiophene rings is 1. The second-order valence-corrected chi connectivity index (χ2v) is 6.29. The molecule has 3 nitrogen and oxygen atoms in total. The van der Waals surface area contributed by atoms with Crippen LogP contribution in [0.25, 0.3) is 0 Å². The molecule has 0 saturated heterocycles. The molecule has 1 aliphatic carbocycles. The molecular formula is C16H23NO2S. The van der Waals surface area contributed by atoms with Gasteiger partial charge in [0.05, 0.1) is 12.6 Å². The Labute approximate surface area is 125 Å². The van der Waals surface area contributed by atoms with Gasteiger partial charge in [0.2, 0.25) is 5.91 Å². The lowest BCUT2D eigenvalue weighted by Gasteiger charge is -2.25. The minimum absolute atomic E-state index is 0.0304. The second-order valence-electron chi connectivity index (χ2n) is 5.31. The van der Waals surface area contributed by atoms with Crippen LogP contribution in [0.3, 0.4) is 0 Å². The molecule has 1 heterocycles. The van der Waals surface area contributed by atoms with Crippen LogP contribution in [-0.2, 0) is 9.53 Å². The highest BCUT2D eigenvalue weighted by Gasteiger charge is 2.29. The summed E-state index contributed by atoms with van der Waals surface area (Å²) in [5, 5.41) is 5.25. The van der Waals surface area contributed by atoms with Gasteiger partial charge in [0, 0.05) is 4.88 Å². The second kappa shape index (κ2) is 7.60. The number of nitrogens with one attached hydrogen (secondary N) is 1. The molecule has 1 aromatic rings. The fraction of sp³-hybridized carbons (Fsp3) is 0.562. The fourth-order valence-corrected chi connectivity index (χ4v) is 3.61. The van der Waals surface area contributed by atoms with E-state index in [1.54, 1.807) is 24.3 Å². The van der Waals surface area contributed by atoms with Gasteiger partial charge >= 0.3 is 0 Å². The fourth-order valence-electron chi connectivity index (χ4n) is 2.74. The summed E-state index contributed by atoms with van der Waals surface area (Å²) in [7, 11) is 0. The molecule has 20 heavy (non-hydrogen) atoms. The molecule has 1 saturated carbocycles. The molecule has 1 aliphatic rings. The predicted molar refractivity (Wildman–Crippen MR) is 82.8 cm³/mol. The third-order valence-corrected chi connectivity index (χ3v) is 4.81. The van der Waals surface area contributed by atoms with E-state index in [0.29, 0.717) is 12.5 Å². The number of carbonyl (C=O) groups excluding carboxylic acids is 1. The molecule has 1 aromatic heterocycles. The van der Waals surface area contributed by atoms with Gasteiger partial charge in [0.1, 0.15) is 6.10 Å². The predicted octanol–water partition coefficient (Wildman–Crippen LogP) is 3.69. The molecule has 2 unspecified atom stereocenters. The summed E-state index contributed by atoms with van der Waals surface area (Å²) in [6.45, 7) is 5.80. The highest BCUT2D eigenvalue weighted by Crippen LogP contribution is 2.37. The van der Waals surface area contributed by atoms with Gasteiger partial charge in [-0.2, -0.15) is 0 Å². The minimum Gasteiger partial charge on any atom is -0.365 e. The maximum absolute atomic E-state index is 12.2. The lowest BCUT2D eigenvalue weighted by molar-refractivity contribution is -0.132. The van der Waals surface area contributed by atoms with E-state index >= 15 is 0 Å². The van der Waals surface area contributed by atoms with Crippen molar-refractivity contribution in [3.63, 3.8) is 0 Å². The summed E-state index contributed by atoms with van der Waals surface area (Å²) in [5.41, 5.74) is 0. The Hall–Kier alpha value is -1.13. The van der Waals surface area contributed by atoms with E-state index < -0.39 is 6.10 Å². The van der Waals surface area contributed by atoms with Crippen LogP contribution in [0.4, 0.5) is 0 Å². The Balaban J connectivity index is 2.00. The summed E-state index contributed by atoms with van der Waals surface area (Å²) < 4.78 is 5.41. The largest absolute Gasteiger partial charge is 0.365 e. The van der Waals surface area contributed by atoms with Gasteiger partial charge < -0.3 is 10.1 Å². The number of carbonyl (C=O) groups is 1. The monoisotopic (exact) mass is 293 g/mol. The van der Waals surface area contributed by atoms with E-state index in [9.17, 15) is 4.79 Å². The Morgan fingerprint density at radius 2 is 2.35 bits per heavy atom. The zero-order valence-electron chi connectivity index (χ0n) is 12.0. The molecule has 1 amide bonds. The minimum atomic E-state index is -0.433. The first-order valence-corrected chi connectivity index (χ1v) is 8.16. The van der Waals surface area contributed by atoms with Crippen molar-refractivity contribution >= 4 is 17.2 Å². The van der Waals surface area contributed by atoms with Crippen molar-refractivity contribution in [2.45, 2.75) is 44.8 Å². The molecule has 1 fully saturated rings. The number of rotatable bonds is 7. The Morgan fingerprint density at radius 3 is 2.95 bits per heavy atom. The van der Waals surface area contributed by atoms with Crippen LogP contribution in [0.2, 0.25) is 0 Å². The van der Waals surface area contributed by atoms with Crippen LogP contribution < -0.4 is 5.32 Å². The summed E-state index contributed by atoms with van der Waals surface area (Å²) >= 11 is 1.72. The SMILES string of the molecule is C=CCOC(C)C(=O)NC(c1cccs1)C1CCCC1. The molecule has 0 radical (unpaired) electrons. The summed E-state index contributed by atoms with van der Waals surface area (Å²) in [6.07, 6.45) is 6.17. The average Bonchev–Trinajstić information content (AvgIpc) is 3.14. The molecule has 0 aliphatic heterocycles. The smallest absolute Gasteiger partial charge is 0.249 e. The van der Waals surface area contributed by atoms with Crippen molar-refractivity contribution in [3.05, 3.63) is 35.0 Å². The van der Waals surface area contributed by atoms with Crippen LogP contribution >= 0.6 is 11.3 Å². The van der Waals surface area contributed by atoms with E-state index in [4.69, 9.17) is 4.74 Å². The van der Waals surface area contributed by atoms with Crippen molar-refractivity contribution in [2.24, 2.45) is 5.92 Å². The molecule has 4 heteroatoms. The van der Waals surface area contributed by atoms with Crippen LogP contribution in [-0.4, -0.2) is 18.6 Å². The Kier molecular flexibility index (Phi) is 5.80. The maximum atomic E-state index is 12.2. The molecule has 0 aromatic carbocycles. The van der Waals surface area contributed by atoms with E-state index in [2.05, 4.69) is 23.3 Å². The van der Waals surface area contributed by atoms with Gasteiger partial charge in [-0.15, -0.1) is 17.9 Å². The summed E-state index contributed by atoms with van der Waals surface area (Å²) in [5.74, 6) is 0.529. The zero-order valence-corrected chi connectivity index (χ0v) is 12.8. The van der Waals surface area contributed by atoms with Gasteiger partial charge in [-0.25, -0.2) is 0 Å². The van der Waals surface area contributed by atoms with Gasteiger partial charge in [-0.1, -0.05) is 25.0 Å². The standard InChI is InChI=1S/C16H23NO2S/c1-3-10-19-12(2)16(18)17-15(13-7-4-5-8-13)14-9-6-11-20-14/h3,6,9,11-13,15H,1,4-5,7-8,10H2,2H3,(H,17,18). The Bertz CT molecular complexity index is 424. The highest BCUT2D eigenvalue weighted by molar-refractivity contribution is 7.10. The molecule has 2 rings (SSSR count). The van der Waals surface area contributed by atoms with Crippen molar-refractivity contribution < 1.29 is 9.53 Å². The van der Waals surface area contributed by atoms with E-state index in [1.165, 1.54) is 30.6 Å². The van der Waals surface area contributed by atoms with Crippen molar-refractivity contribution in [3.8, 4) is 0 Å². The van der Waals surface area contributed by atoms with Crippen LogP contribution in [0.1, 0.15) is 43.5 Å². The normalized spacial score (nSPS) is 18.6. The van der Waals surface area contributed by atoms with Crippen molar-refractivity contribution in [1.29, 1.82) is 0 Å². The molecule has 1 N–H and O–H groups in total. The van der Waals surface area contributed by atoms with Gasteiger partial charge in [-0.3, -0.25) is 4.79 Å². The molecule has 0 spiro atoms.